The van der Waals surface area contributed by atoms with Gasteiger partial charge in [-0.25, -0.2) is 4.98 Å². The molecule has 22 heavy (non-hydrogen) atoms. The van der Waals surface area contributed by atoms with Gasteiger partial charge in [-0.2, -0.15) is 0 Å². The van der Waals surface area contributed by atoms with Crippen LogP contribution in [0, 0.1) is 10.8 Å². The molecule has 120 valence electrons. The van der Waals surface area contributed by atoms with E-state index < -0.39 is 0 Å². The van der Waals surface area contributed by atoms with Gasteiger partial charge >= 0.3 is 0 Å². The maximum absolute atomic E-state index is 12.6. The van der Waals surface area contributed by atoms with Crippen molar-refractivity contribution in [3.63, 3.8) is 0 Å². The van der Waals surface area contributed by atoms with Gasteiger partial charge in [-0.05, 0) is 31.1 Å². The lowest BCUT2D eigenvalue weighted by atomic mass is 9.45. The lowest BCUT2D eigenvalue weighted by molar-refractivity contribution is -0.154. The predicted octanol–water partition coefficient (Wildman–Crippen LogP) is 0.939. The Morgan fingerprint density at radius 1 is 1.45 bits per heavy atom. The Kier molecular flexibility index (Phi) is 3.27. The Bertz CT molecular complexity index is 583. The molecule has 0 unspecified atom stereocenters. The fourth-order valence-electron chi connectivity index (χ4n) is 4.47. The van der Waals surface area contributed by atoms with E-state index in [2.05, 4.69) is 14.9 Å². The second-order valence-electron chi connectivity index (χ2n) is 7.24. The van der Waals surface area contributed by atoms with Crippen molar-refractivity contribution < 1.29 is 9.53 Å². The number of ether oxygens (including phenoxy) is 1. The molecule has 1 aromatic heterocycles. The first-order chi connectivity index (χ1) is 10.7. The predicted molar refractivity (Wildman–Crippen MR) is 80.7 cm³/mol. The molecule has 0 saturated heterocycles. The molecule has 1 aromatic rings. The monoisotopic (exact) mass is 304 g/mol. The van der Waals surface area contributed by atoms with Gasteiger partial charge in [0.05, 0.1) is 30.5 Å². The van der Waals surface area contributed by atoms with E-state index in [0.717, 1.165) is 30.9 Å². The quantitative estimate of drug-likeness (QED) is 0.867. The highest BCUT2D eigenvalue weighted by Gasteiger charge is 2.59. The van der Waals surface area contributed by atoms with E-state index in [1.54, 1.807) is 0 Å². The van der Waals surface area contributed by atoms with E-state index in [1.807, 2.05) is 6.20 Å². The first kappa shape index (κ1) is 14.2. The number of nitrogens with two attached hydrogens (primary N) is 1. The largest absolute Gasteiger partial charge is 0.372 e. The van der Waals surface area contributed by atoms with Crippen LogP contribution in [0.2, 0.25) is 0 Å². The Morgan fingerprint density at radius 2 is 2.27 bits per heavy atom. The number of carbonyl (C=O) groups excluding carboxylic acids is 1. The summed E-state index contributed by atoms with van der Waals surface area (Å²) in [6.45, 7) is 3.06. The fourth-order valence-corrected chi connectivity index (χ4v) is 4.47. The second-order valence-corrected chi connectivity index (χ2v) is 7.24. The van der Waals surface area contributed by atoms with Crippen molar-refractivity contribution in [1.29, 1.82) is 0 Å². The van der Waals surface area contributed by atoms with Gasteiger partial charge in [0.2, 0.25) is 5.91 Å². The highest BCUT2D eigenvalue weighted by atomic mass is 16.5. The first-order valence-corrected chi connectivity index (χ1v) is 8.26. The summed E-state index contributed by atoms with van der Waals surface area (Å²) >= 11 is 0. The van der Waals surface area contributed by atoms with Crippen molar-refractivity contribution in [3.05, 3.63) is 17.7 Å². The number of nitrogens with zero attached hydrogens (tertiary/aromatic N) is 2. The lowest BCUT2D eigenvalue weighted by Gasteiger charge is -2.59. The van der Waals surface area contributed by atoms with Gasteiger partial charge in [-0.15, -0.1) is 0 Å². The molecular formula is C16H24N4O2. The van der Waals surface area contributed by atoms with Gasteiger partial charge in [0.25, 0.3) is 0 Å². The minimum Gasteiger partial charge on any atom is -0.372 e. The van der Waals surface area contributed by atoms with E-state index in [0.29, 0.717) is 31.7 Å². The summed E-state index contributed by atoms with van der Waals surface area (Å²) in [6, 6.07) is 0. The third-order valence-corrected chi connectivity index (χ3v) is 5.85. The molecule has 0 atom stereocenters. The average Bonchev–Trinajstić information content (AvgIpc) is 2.86. The molecule has 6 nitrogen and oxygen atoms in total. The molecule has 3 N–H and O–H groups in total. The number of hydrogen-bond donors (Lipinski definition) is 2. The molecule has 0 aromatic carbocycles. The number of aromatic nitrogens is 2. The summed E-state index contributed by atoms with van der Waals surface area (Å²) in [7, 11) is 0. The van der Waals surface area contributed by atoms with Crippen LogP contribution in [-0.4, -0.2) is 28.6 Å². The zero-order valence-corrected chi connectivity index (χ0v) is 12.9. The van der Waals surface area contributed by atoms with Gasteiger partial charge in [-0.1, -0.05) is 6.42 Å². The molecule has 1 amide bonds. The SMILES string of the molecule is NCC1(C(=O)NCc2cnc3n2CCOC3)CC2(CCC2)C1. The van der Waals surface area contributed by atoms with Crippen molar-refractivity contribution in [2.24, 2.45) is 16.6 Å². The maximum atomic E-state index is 12.6. The third kappa shape index (κ3) is 2.08. The van der Waals surface area contributed by atoms with Gasteiger partial charge in [0, 0.05) is 13.1 Å². The second kappa shape index (κ2) is 5.06. The molecule has 1 aliphatic heterocycles. The van der Waals surface area contributed by atoms with Crippen molar-refractivity contribution in [2.45, 2.75) is 51.8 Å². The third-order valence-electron chi connectivity index (χ3n) is 5.85. The van der Waals surface area contributed by atoms with Crippen LogP contribution in [0.1, 0.15) is 43.6 Å². The minimum absolute atomic E-state index is 0.120. The molecule has 6 heteroatoms. The zero-order valence-electron chi connectivity index (χ0n) is 12.9. The zero-order chi connectivity index (χ0) is 15.2. The van der Waals surface area contributed by atoms with Crippen molar-refractivity contribution in [1.82, 2.24) is 14.9 Å². The maximum Gasteiger partial charge on any atom is 0.227 e. The summed E-state index contributed by atoms with van der Waals surface area (Å²) in [5.41, 5.74) is 7.11. The molecule has 1 spiro atoms. The molecular weight excluding hydrogens is 280 g/mol. The van der Waals surface area contributed by atoms with Crippen LogP contribution in [0.5, 0.6) is 0 Å². The Hall–Kier alpha value is -1.40. The van der Waals surface area contributed by atoms with Crippen molar-refractivity contribution >= 4 is 5.91 Å². The number of nitrogens with one attached hydrogen (secondary N) is 1. The minimum atomic E-state index is -0.325. The van der Waals surface area contributed by atoms with Crippen LogP contribution in [-0.2, 0) is 29.2 Å². The normalized spacial score (nSPS) is 24.2. The van der Waals surface area contributed by atoms with Crippen LogP contribution in [0.15, 0.2) is 6.20 Å². The number of carbonyl (C=O) groups is 1. The summed E-state index contributed by atoms with van der Waals surface area (Å²) in [6.07, 6.45) is 7.65. The van der Waals surface area contributed by atoms with E-state index >= 15 is 0 Å². The number of hydrogen-bond acceptors (Lipinski definition) is 4. The fraction of sp³-hybridized carbons (Fsp3) is 0.750. The van der Waals surface area contributed by atoms with Crippen LogP contribution in [0.3, 0.4) is 0 Å². The first-order valence-electron chi connectivity index (χ1n) is 8.26. The van der Waals surface area contributed by atoms with Crippen LogP contribution >= 0.6 is 0 Å². The van der Waals surface area contributed by atoms with E-state index in [1.165, 1.54) is 19.3 Å². The van der Waals surface area contributed by atoms with Gasteiger partial charge < -0.3 is 20.4 Å². The van der Waals surface area contributed by atoms with Crippen LogP contribution < -0.4 is 11.1 Å². The van der Waals surface area contributed by atoms with Crippen molar-refractivity contribution in [2.75, 3.05) is 13.2 Å². The van der Waals surface area contributed by atoms with Gasteiger partial charge in [0.1, 0.15) is 12.4 Å². The smallest absolute Gasteiger partial charge is 0.227 e. The molecule has 2 aliphatic carbocycles. The Balaban J connectivity index is 1.39. The number of amides is 1. The topological polar surface area (TPSA) is 82.2 Å². The molecule has 0 radical (unpaired) electrons. The van der Waals surface area contributed by atoms with E-state index in [-0.39, 0.29) is 11.3 Å². The molecule has 2 saturated carbocycles. The highest BCUT2D eigenvalue weighted by Crippen LogP contribution is 2.64. The van der Waals surface area contributed by atoms with E-state index in [4.69, 9.17) is 10.5 Å². The lowest BCUT2D eigenvalue weighted by Crippen LogP contribution is -2.60. The Morgan fingerprint density at radius 3 is 2.95 bits per heavy atom. The number of imidazole rings is 1. The summed E-state index contributed by atoms with van der Waals surface area (Å²) < 4.78 is 7.53. The molecule has 0 bridgehead atoms. The summed E-state index contributed by atoms with van der Waals surface area (Å²) in [4.78, 5) is 17.0. The number of rotatable bonds is 4. The van der Waals surface area contributed by atoms with Crippen LogP contribution in [0.25, 0.3) is 0 Å². The molecule has 2 heterocycles. The average molecular weight is 304 g/mol. The van der Waals surface area contributed by atoms with Crippen molar-refractivity contribution in [3.8, 4) is 0 Å². The molecule has 2 fully saturated rings. The Labute approximate surface area is 130 Å². The number of fused-ring (bicyclic) bond motifs is 1. The standard InChI is InChI=1S/C16H24N4O2/c17-11-16(9-15(10-16)2-1-3-15)14(21)19-7-12-6-18-13-8-22-5-4-20(12)13/h6H,1-5,7-11,17H2,(H,19,21). The summed E-state index contributed by atoms with van der Waals surface area (Å²) in [5.74, 6) is 1.07. The van der Waals surface area contributed by atoms with Gasteiger partial charge in [0.15, 0.2) is 0 Å². The summed E-state index contributed by atoms with van der Waals surface area (Å²) in [5, 5.41) is 3.09. The van der Waals surface area contributed by atoms with Crippen LogP contribution in [0.4, 0.5) is 0 Å². The highest BCUT2D eigenvalue weighted by molar-refractivity contribution is 5.84. The molecule has 4 rings (SSSR count). The van der Waals surface area contributed by atoms with E-state index in [9.17, 15) is 4.79 Å². The van der Waals surface area contributed by atoms with Gasteiger partial charge in [-0.3, -0.25) is 4.79 Å². The molecule has 3 aliphatic rings.